The molecule has 290 valence electrons. The van der Waals surface area contributed by atoms with E-state index in [-0.39, 0.29) is 55.6 Å². The first-order chi connectivity index (χ1) is 29.0. The Kier molecular flexibility index (Phi) is 8.67. The first kappa shape index (κ1) is 37.6. The molecule has 0 aliphatic carbocycles. The Balaban J connectivity index is 0.00000210. The average Bonchev–Trinajstić information content (AvgIpc) is 4.05. The molecule has 5 aromatic heterocycles. The van der Waals surface area contributed by atoms with Gasteiger partial charge in [-0.15, -0.1) is 57.9 Å². The fraction of sp³-hybridized carbons (Fsp3) is 0.0435. The molecule has 11 nitrogen and oxygen atoms in total. The van der Waals surface area contributed by atoms with Crippen LogP contribution in [0.5, 0.6) is 46.3 Å². The Morgan fingerprint density at radius 1 is 0.541 bits per heavy atom. The van der Waals surface area contributed by atoms with Crippen LogP contribution >= 0.6 is 0 Å². The molecular formula is C46H22B2N6O5Pt2+2. The van der Waals surface area contributed by atoms with Crippen LogP contribution in [0.3, 0.4) is 0 Å². The minimum absolute atomic E-state index is 0. The normalized spacial score (nSPS) is 13.0. The van der Waals surface area contributed by atoms with Crippen molar-refractivity contribution in [1.82, 2.24) is 19.1 Å². The second-order valence-corrected chi connectivity index (χ2v) is 14.7. The maximum Gasteiger partial charge on any atom is 4.00 e. The second kappa shape index (κ2) is 14.1. The van der Waals surface area contributed by atoms with E-state index in [0.29, 0.717) is 63.1 Å². The molecule has 61 heavy (non-hydrogen) atoms. The number of aromatic nitrogens is 6. The van der Waals surface area contributed by atoms with E-state index in [2.05, 4.69) is 49.2 Å². The smallest absolute Gasteiger partial charge is 0.631 e. The Morgan fingerprint density at radius 3 is 1.54 bits per heavy atom. The van der Waals surface area contributed by atoms with Crippen LogP contribution in [0.1, 0.15) is 0 Å². The Hall–Kier alpha value is -6.41. The Labute approximate surface area is 378 Å². The maximum absolute atomic E-state index is 6.45. The quantitative estimate of drug-likeness (QED) is 0.152. The topological polar surface area (TPSA) is 93.5 Å². The molecule has 13 rings (SSSR count). The van der Waals surface area contributed by atoms with Gasteiger partial charge in [0.1, 0.15) is 23.0 Å². The molecule has 0 fully saturated rings. The molecule has 0 unspecified atom stereocenters. The van der Waals surface area contributed by atoms with Gasteiger partial charge in [-0.25, -0.2) is 12.1 Å². The van der Waals surface area contributed by atoms with E-state index in [9.17, 15) is 0 Å². The van der Waals surface area contributed by atoms with Crippen LogP contribution in [0.25, 0.3) is 33.8 Å². The van der Waals surface area contributed by atoms with Gasteiger partial charge in [-0.2, -0.15) is 12.1 Å². The Morgan fingerprint density at radius 2 is 1.03 bits per heavy atom. The SMILES string of the molecule is C[n+]1[c-]n(-c2[c-]c3c(nc2)Oc2cccc4c2B3c2[c-]c(-c3[c-]oc(-c5[c-]c6c(cc5)Oc5cccc7c5B6c5[c-]c(-n6[c-][n+](C)cc6)cnc5O7)[c-]3)ccc2O4)cc1.[Pt+4].[Pt+4]. The number of furan rings is 1. The predicted molar refractivity (Wildman–Crippen MR) is 212 cm³/mol. The van der Waals surface area contributed by atoms with Crippen molar-refractivity contribution in [3.63, 3.8) is 0 Å². The number of fused-ring (bicyclic) bond motifs is 8. The molecular weight excluding hydrogens is 1130 g/mol. The molecule has 15 heteroatoms. The van der Waals surface area contributed by atoms with Crippen molar-refractivity contribution in [2.24, 2.45) is 14.1 Å². The van der Waals surface area contributed by atoms with Crippen molar-refractivity contribution in [3.8, 4) is 80.1 Å². The Bertz CT molecular complexity index is 3030. The van der Waals surface area contributed by atoms with Crippen molar-refractivity contribution in [2.75, 3.05) is 0 Å². The summed E-state index contributed by atoms with van der Waals surface area (Å²) in [6.07, 6.45) is 20.7. The molecule has 4 aliphatic heterocycles. The fourth-order valence-electron chi connectivity index (χ4n) is 8.37. The third-order valence-electron chi connectivity index (χ3n) is 11.0. The number of imidazole rings is 2. The van der Waals surface area contributed by atoms with E-state index in [0.717, 1.165) is 49.7 Å². The number of hydrogen-bond acceptors (Lipinski definition) is 7. The fourth-order valence-corrected chi connectivity index (χ4v) is 8.37. The molecule has 9 aromatic rings. The summed E-state index contributed by atoms with van der Waals surface area (Å²) in [7, 11) is 3.84. The van der Waals surface area contributed by atoms with Crippen molar-refractivity contribution in [1.29, 1.82) is 0 Å². The molecule has 0 N–H and O–H groups in total. The first-order valence-electron chi connectivity index (χ1n) is 18.8. The van der Waals surface area contributed by atoms with E-state index in [1.54, 1.807) is 12.4 Å². The molecule has 4 aliphatic rings. The van der Waals surface area contributed by atoms with E-state index in [4.69, 9.17) is 33.3 Å². The van der Waals surface area contributed by atoms with Gasteiger partial charge in [-0.3, -0.25) is 0 Å². The van der Waals surface area contributed by atoms with Gasteiger partial charge in [0.2, 0.25) is 26.1 Å². The zero-order chi connectivity index (χ0) is 38.9. The molecule has 4 aromatic carbocycles. The van der Waals surface area contributed by atoms with Crippen LogP contribution in [0, 0.1) is 49.2 Å². The van der Waals surface area contributed by atoms with Gasteiger partial charge in [0.05, 0.1) is 25.9 Å². The number of nitrogens with zero attached hydrogens (tertiary/aromatic N) is 6. The molecule has 0 amide bonds. The molecule has 0 saturated carbocycles. The third kappa shape index (κ3) is 5.82. The van der Waals surface area contributed by atoms with Gasteiger partial charge in [-0.05, 0) is 35.6 Å². The van der Waals surface area contributed by atoms with E-state index in [1.165, 1.54) is 0 Å². The van der Waals surface area contributed by atoms with E-state index >= 15 is 0 Å². The van der Waals surface area contributed by atoms with Gasteiger partial charge in [0.25, 0.3) is 0 Å². The minimum Gasteiger partial charge on any atom is -0.631 e. The summed E-state index contributed by atoms with van der Waals surface area (Å²) >= 11 is 0. The van der Waals surface area contributed by atoms with Gasteiger partial charge < -0.3 is 68.8 Å². The number of rotatable bonds is 4. The van der Waals surface area contributed by atoms with E-state index in [1.807, 2.05) is 118 Å². The molecule has 0 spiro atoms. The standard InChI is InChI=1S/C46H22B2N6O5.2Pt/c1-51-13-15-53(25-51)30-20-34-45(49-22-30)58-40-7-3-5-38-43(40)47(34)32-17-27(9-11-36(32)56-38)29-19-42(55-24-29)28-10-12-37-33(18-28)48-35-21-31(54-16-14-52(2)26-54)23-50-46(35)59-41-8-4-6-39(57-37)44(41)48;;/h3-16,22-23H,1-2H3;;/q-6;2*+4. The number of pyridine rings is 2. The molecule has 0 atom stereocenters. The number of hydrogen-bond donors (Lipinski definition) is 0. The van der Waals surface area contributed by atoms with Crippen LogP contribution < -0.4 is 60.9 Å². The van der Waals surface area contributed by atoms with Crippen molar-refractivity contribution in [3.05, 3.63) is 147 Å². The molecule has 0 saturated heterocycles. The monoisotopic (exact) mass is 1150 g/mol. The zero-order valence-electron chi connectivity index (χ0n) is 31.7. The van der Waals surface area contributed by atoms with Crippen LogP contribution in [-0.4, -0.2) is 32.5 Å². The average molecular weight is 1150 g/mol. The summed E-state index contributed by atoms with van der Waals surface area (Å²) < 4.78 is 39.0. The number of ether oxygens (including phenoxy) is 4. The minimum atomic E-state index is -0.321. The summed E-state index contributed by atoms with van der Waals surface area (Å²) in [6.45, 7) is -0.635. The van der Waals surface area contributed by atoms with Crippen molar-refractivity contribution < 1.29 is 74.6 Å². The predicted octanol–water partition coefficient (Wildman–Crippen LogP) is 2.49. The second-order valence-electron chi connectivity index (χ2n) is 14.7. The summed E-state index contributed by atoms with van der Waals surface area (Å²) in [6, 6.07) is 37.2. The van der Waals surface area contributed by atoms with Gasteiger partial charge in [0, 0.05) is 47.2 Å². The largest absolute Gasteiger partial charge is 4.00 e. The summed E-state index contributed by atoms with van der Waals surface area (Å²) in [4.78, 5) is 9.45. The third-order valence-corrected chi connectivity index (χ3v) is 11.0. The van der Waals surface area contributed by atoms with Crippen LogP contribution in [0.2, 0.25) is 0 Å². The van der Waals surface area contributed by atoms with Crippen molar-refractivity contribution >= 4 is 46.2 Å². The summed E-state index contributed by atoms with van der Waals surface area (Å²) in [5.74, 6) is 5.53. The van der Waals surface area contributed by atoms with Crippen LogP contribution in [0.15, 0.2) is 102 Å². The first-order valence-corrected chi connectivity index (χ1v) is 18.8. The van der Waals surface area contributed by atoms with Crippen LogP contribution in [-0.2, 0) is 56.2 Å². The van der Waals surface area contributed by atoms with Gasteiger partial charge in [0.15, 0.2) is 0 Å². The molecule has 9 heterocycles. The van der Waals surface area contributed by atoms with Crippen molar-refractivity contribution in [2.45, 2.75) is 0 Å². The maximum atomic E-state index is 6.45. The van der Waals surface area contributed by atoms with E-state index < -0.39 is 0 Å². The molecule has 0 bridgehead atoms. The van der Waals surface area contributed by atoms with Gasteiger partial charge in [-0.1, -0.05) is 30.3 Å². The molecule has 0 radical (unpaired) electrons. The zero-order valence-corrected chi connectivity index (χ0v) is 36.3. The summed E-state index contributed by atoms with van der Waals surface area (Å²) in [5.41, 5.74) is 8.42. The summed E-state index contributed by atoms with van der Waals surface area (Å²) in [5, 5.41) is 0. The number of benzene rings is 4. The number of aryl methyl sites for hydroxylation is 2. The van der Waals surface area contributed by atoms with Crippen LogP contribution in [0.4, 0.5) is 0 Å². The van der Waals surface area contributed by atoms with Gasteiger partial charge >= 0.3 is 42.1 Å².